The molecule has 2 nitrogen and oxygen atoms in total. The zero-order valence-corrected chi connectivity index (χ0v) is 43.0. The van der Waals surface area contributed by atoms with E-state index in [-0.39, 0.29) is 5.41 Å². The summed E-state index contributed by atoms with van der Waals surface area (Å²) in [5, 5.41) is 10.1. The molecule has 1 aliphatic rings. The van der Waals surface area contributed by atoms with Crippen molar-refractivity contribution in [2.75, 3.05) is 4.90 Å². The van der Waals surface area contributed by atoms with E-state index in [1.807, 2.05) is 0 Å². The first-order chi connectivity index (χ1) is 37.9. The van der Waals surface area contributed by atoms with Crippen molar-refractivity contribution in [3.8, 4) is 61.3 Å². The Balaban J connectivity index is 0.864. The lowest BCUT2D eigenvalue weighted by molar-refractivity contribution is 0.660. The zero-order chi connectivity index (χ0) is 51.2. The maximum Gasteiger partial charge on any atom is 0.0541 e. The molecular formula is C75H52N2. The van der Waals surface area contributed by atoms with Crippen molar-refractivity contribution >= 4 is 71.2 Å². The van der Waals surface area contributed by atoms with E-state index in [0.29, 0.717) is 0 Å². The van der Waals surface area contributed by atoms with E-state index in [9.17, 15) is 0 Å². The summed E-state index contributed by atoms with van der Waals surface area (Å²) in [7, 11) is 0. The summed E-state index contributed by atoms with van der Waals surface area (Å²) in [6.45, 7) is 4.72. The van der Waals surface area contributed by atoms with Crippen molar-refractivity contribution in [1.82, 2.24) is 4.57 Å². The lowest BCUT2D eigenvalue weighted by Crippen LogP contribution is -2.16. The largest absolute Gasteiger partial charge is 0.310 e. The first kappa shape index (κ1) is 44.7. The highest BCUT2D eigenvalue weighted by molar-refractivity contribution is 6.25. The third kappa shape index (κ3) is 7.32. The molecule has 0 unspecified atom stereocenters. The number of nitrogens with zero attached hydrogens (tertiary/aromatic N) is 2. The van der Waals surface area contributed by atoms with Gasteiger partial charge in [0, 0.05) is 38.9 Å². The molecule has 77 heavy (non-hydrogen) atoms. The van der Waals surface area contributed by atoms with Crippen molar-refractivity contribution in [2.24, 2.45) is 0 Å². The molecule has 0 fully saturated rings. The Bertz CT molecular complexity index is 4570. The first-order valence-corrected chi connectivity index (χ1v) is 26.8. The van der Waals surface area contributed by atoms with E-state index in [1.54, 1.807) is 0 Å². The van der Waals surface area contributed by atoms with Gasteiger partial charge >= 0.3 is 0 Å². The Morgan fingerprint density at radius 2 is 0.649 bits per heavy atom. The van der Waals surface area contributed by atoms with Crippen LogP contribution in [0.3, 0.4) is 0 Å². The number of anilines is 3. The molecule has 1 aromatic heterocycles. The van der Waals surface area contributed by atoms with Crippen LogP contribution in [-0.4, -0.2) is 4.57 Å². The van der Waals surface area contributed by atoms with Crippen LogP contribution in [0.1, 0.15) is 25.0 Å². The van der Waals surface area contributed by atoms with Gasteiger partial charge in [0.1, 0.15) is 0 Å². The van der Waals surface area contributed by atoms with Crippen LogP contribution in [0.4, 0.5) is 17.1 Å². The molecule has 0 saturated heterocycles. The molecule has 0 bridgehead atoms. The second-order valence-corrected chi connectivity index (χ2v) is 21.3. The molecule has 15 rings (SSSR count). The fourth-order valence-corrected chi connectivity index (χ4v) is 12.7. The third-order valence-corrected chi connectivity index (χ3v) is 16.6. The van der Waals surface area contributed by atoms with Crippen molar-refractivity contribution in [1.29, 1.82) is 0 Å². The Morgan fingerprint density at radius 1 is 0.260 bits per heavy atom. The second kappa shape index (κ2) is 17.7. The van der Waals surface area contributed by atoms with Crippen LogP contribution in [0.15, 0.2) is 279 Å². The minimum Gasteiger partial charge on any atom is -0.310 e. The summed E-state index contributed by atoms with van der Waals surface area (Å²) in [5.74, 6) is 0. The molecule has 0 saturated carbocycles. The first-order valence-electron chi connectivity index (χ1n) is 26.8. The molecule has 0 spiro atoms. The third-order valence-electron chi connectivity index (χ3n) is 16.6. The predicted molar refractivity (Wildman–Crippen MR) is 327 cm³/mol. The maximum atomic E-state index is 2.47. The van der Waals surface area contributed by atoms with Crippen LogP contribution in [-0.2, 0) is 5.41 Å². The Hall–Kier alpha value is -9.76. The van der Waals surface area contributed by atoms with E-state index < -0.39 is 0 Å². The number of fused-ring (bicyclic) bond motifs is 12. The molecule has 0 atom stereocenters. The van der Waals surface area contributed by atoms with E-state index >= 15 is 0 Å². The Morgan fingerprint density at radius 3 is 1.18 bits per heavy atom. The second-order valence-electron chi connectivity index (χ2n) is 21.3. The molecule has 1 heterocycles. The van der Waals surface area contributed by atoms with Crippen LogP contribution in [0, 0.1) is 0 Å². The normalized spacial score (nSPS) is 12.6. The van der Waals surface area contributed by atoms with Gasteiger partial charge < -0.3 is 9.47 Å². The molecule has 362 valence electrons. The van der Waals surface area contributed by atoms with Gasteiger partial charge in [-0.2, -0.15) is 0 Å². The number of hydrogen-bond donors (Lipinski definition) is 0. The highest BCUT2D eigenvalue weighted by atomic mass is 15.1. The van der Waals surface area contributed by atoms with Crippen molar-refractivity contribution in [3.63, 3.8) is 0 Å². The Labute approximate surface area is 449 Å². The van der Waals surface area contributed by atoms with Crippen LogP contribution in [0.2, 0.25) is 0 Å². The van der Waals surface area contributed by atoms with Crippen molar-refractivity contribution in [2.45, 2.75) is 19.3 Å². The summed E-state index contributed by atoms with van der Waals surface area (Å²) in [5.41, 5.74) is 21.7. The minimum absolute atomic E-state index is 0.123. The lowest BCUT2D eigenvalue weighted by atomic mass is 9.82. The summed E-state index contributed by atoms with van der Waals surface area (Å²) in [6.07, 6.45) is 0. The molecule has 13 aromatic carbocycles. The number of rotatable bonds is 8. The van der Waals surface area contributed by atoms with Crippen LogP contribution < -0.4 is 4.90 Å². The minimum atomic E-state index is -0.123. The average molecular weight is 981 g/mol. The maximum absolute atomic E-state index is 2.47. The molecule has 0 radical (unpaired) electrons. The van der Waals surface area contributed by atoms with Gasteiger partial charge in [0.05, 0.1) is 11.0 Å². The molecule has 14 aromatic rings. The fraction of sp³-hybridized carbons (Fsp3) is 0.0400. The van der Waals surface area contributed by atoms with E-state index in [1.165, 1.54) is 115 Å². The van der Waals surface area contributed by atoms with Gasteiger partial charge in [0.25, 0.3) is 0 Å². The van der Waals surface area contributed by atoms with Gasteiger partial charge in [-0.05, 0) is 172 Å². The topological polar surface area (TPSA) is 8.17 Å². The SMILES string of the molecule is CC1(C)c2ccccc2-c2ccc(N(c3ccc(-c4ccccc4)cc3)c3ccc(-c4ccc5c(c4)c4cc(-c6ccc(-c7ccccc7)cc6)ccc4n5-c4ccc5c6ccccc6c6ccccc6c5c4)cc3)cc21. The van der Waals surface area contributed by atoms with Crippen LogP contribution >= 0.6 is 0 Å². The van der Waals surface area contributed by atoms with E-state index in [2.05, 4.69) is 302 Å². The van der Waals surface area contributed by atoms with Gasteiger partial charge in [-0.25, -0.2) is 0 Å². The highest BCUT2D eigenvalue weighted by Gasteiger charge is 2.36. The Kier molecular flexibility index (Phi) is 10.3. The van der Waals surface area contributed by atoms with Gasteiger partial charge in [-0.1, -0.05) is 220 Å². The quantitative estimate of drug-likeness (QED) is 0.138. The van der Waals surface area contributed by atoms with E-state index in [4.69, 9.17) is 0 Å². The summed E-state index contributed by atoms with van der Waals surface area (Å²) in [4.78, 5) is 2.41. The standard InChI is InChI=1S/C75H52N2/c1-75(2)71-24-14-13-23-66(71)67-42-40-60(48-72(67)75)76(57-35-29-52(30-36-57)50-17-7-4-8-18-50)58-37-31-54(32-38-58)56-34-44-74-70(46-56)69-45-55(53-27-25-51(26-28-53)49-15-5-3-6-16-49)33-43-73(69)77(74)59-39-41-65-63-21-10-9-19-61(63)62-20-11-12-22-64(62)68(65)47-59/h3-48H,1-2H3. The number of hydrogen-bond acceptors (Lipinski definition) is 1. The fourth-order valence-electron chi connectivity index (χ4n) is 12.7. The summed E-state index contributed by atoms with van der Waals surface area (Å²) < 4.78 is 2.47. The van der Waals surface area contributed by atoms with Crippen LogP contribution in [0.5, 0.6) is 0 Å². The number of benzene rings is 13. The molecular weight excluding hydrogens is 929 g/mol. The highest BCUT2D eigenvalue weighted by Crippen LogP contribution is 2.51. The summed E-state index contributed by atoms with van der Waals surface area (Å²) >= 11 is 0. The molecule has 0 N–H and O–H groups in total. The molecule has 2 heteroatoms. The zero-order valence-electron chi connectivity index (χ0n) is 43.0. The molecule has 0 aliphatic heterocycles. The molecule has 1 aliphatic carbocycles. The van der Waals surface area contributed by atoms with Gasteiger partial charge in [0.2, 0.25) is 0 Å². The van der Waals surface area contributed by atoms with Gasteiger partial charge in [-0.15, -0.1) is 0 Å². The lowest BCUT2D eigenvalue weighted by Gasteiger charge is -2.28. The summed E-state index contributed by atoms with van der Waals surface area (Å²) in [6, 6.07) is 103. The predicted octanol–water partition coefficient (Wildman–Crippen LogP) is 20.7. The van der Waals surface area contributed by atoms with Gasteiger partial charge in [-0.3, -0.25) is 0 Å². The number of aromatic nitrogens is 1. The van der Waals surface area contributed by atoms with E-state index in [0.717, 1.165) is 28.3 Å². The van der Waals surface area contributed by atoms with Crippen LogP contribution in [0.25, 0.3) is 115 Å². The van der Waals surface area contributed by atoms with Gasteiger partial charge in [0.15, 0.2) is 0 Å². The average Bonchev–Trinajstić information content (AvgIpc) is 4.07. The van der Waals surface area contributed by atoms with Crippen molar-refractivity contribution in [3.05, 3.63) is 290 Å². The monoisotopic (exact) mass is 980 g/mol. The van der Waals surface area contributed by atoms with Crippen molar-refractivity contribution < 1.29 is 0 Å². The smallest absolute Gasteiger partial charge is 0.0541 e. The molecule has 0 amide bonds.